The highest BCUT2D eigenvalue weighted by Crippen LogP contribution is 2.16. The minimum absolute atomic E-state index is 0.0855. The normalized spacial score (nSPS) is 12.9. The molecule has 450 valence electrons. The van der Waals surface area contributed by atoms with Gasteiger partial charge in [-0.1, -0.05) is 284 Å². The van der Waals surface area contributed by atoms with Gasteiger partial charge in [0.05, 0.1) is 0 Å². The lowest BCUT2D eigenvalue weighted by Crippen LogP contribution is -2.30. The Morgan fingerprint density at radius 1 is 0.266 bits per heavy atom. The molecule has 0 aromatic heterocycles. The van der Waals surface area contributed by atoms with Crippen molar-refractivity contribution in [3.05, 3.63) is 122 Å². The molecule has 0 spiro atoms. The lowest BCUT2D eigenvalue weighted by molar-refractivity contribution is -0.167. The molecule has 1 unspecified atom stereocenters. The highest BCUT2D eigenvalue weighted by Gasteiger charge is 2.19. The zero-order chi connectivity index (χ0) is 57.1. The summed E-state index contributed by atoms with van der Waals surface area (Å²) in [7, 11) is 0. The van der Waals surface area contributed by atoms with Crippen LogP contribution in [0.25, 0.3) is 0 Å². The average Bonchev–Trinajstić information content (AvgIpc) is 3.45. The van der Waals surface area contributed by atoms with Gasteiger partial charge in [0, 0.05) is 19.3 Å². The Bertz CT molecular complexity index is 1640. The monoisotopic (exact) mass is 1090 g/mol. The van der Waals surface area contributed by atoms with Crippen molar-refractivity contribution in [1.29, 1.82) is 0 Å². The molecule has 0 aliphatic carbocycles. The Morgan fingerprint density at radius 2 is 0.494 bits per heavy atom. The molecule has 0 N–H and O–H groups in total. The van der Waals surface area contributed by atoms with Crippen LogP contribution in [0.3, 0.4) is 0 Å². The fraction of sp³-hybridized carbons (Fsp3) is 0.685. The first-order chi connectivity index (χ1) is 39.0. The predicted molar refractivity (Wildman–Crippen MR) is 343 cm³/mol. The Labute approximate surface area is 488 Å². The second kappa shape index (κ2) is 66.3. The molecule has 0 fully saturated rings. The van der Waals surface area contributed by atoms with Gasteiger partial charge in [-0.25, -0.2) is 0 Å². The second-order valence-corrected chi connectivity index (χ2v) is 21.6. The fourth-order valence-corrected chi connectivity index (χ4v) is 9.03. The van der Waals surface area contributed by atoms with Crippen LogP contribution < -0.4 is 0 Å². The molecule has 0 aliphatic rings. The third-order valence-corrected chi connectivity index (χ3v) is 13.9. The smallest absolute Gasteiger partial charge is 0.306 e. The molecular formula is C73H122O6. The number of hydrogen-bond acceptors (Lipinski definition) is 6. The van der Waals surface area contributed by atoms with Crippen LogP contribution in [0.1, 0.15) is 303 Å². The number of ether oxygens (including phenoxy) is 3. The molecule has 0 radical (unpaired) electrons. The molecule has 6 heteroatoms. The SMILES string of the molecule is CC/C=C\C/C=C\C/C=C\C/C=C\C/C=C\CCCCCCCCCCCC(=O)OCC(COC(=O)CCCCCCC/C=C\CCCC)OC(=O)CCCCCCCCCCCCCC/C=C\C/C=C\C/C=C\C/C=C\CC. The van der Waals surface area contributed by atoms with Gasteiger partial charge in [0.2, 0.25) is 0 Å². The Balaban J connectivity index is 4.29. The molecule has 6 nitrogen and oxygen atoms in total. The van der Waals surface area contributed by atoms with Crippen LogP contribution in [-0.4, -0.2) is 37.2 Å². The van der Waals surface area contributed by atoms with Crippen molar-refractivity contribution >= 4 is 17.9 Å². The summed E-state index contributed by atoms with van der Waals surface area (Å²) in [6.45, 7) is 6.38. The highest BCUT2D eigenvalue weighted by atomic mass is 16.6. The largest absolute Gasteiger partial charge is 0.462 e. The number of carbonyl (C=O) groups excluding carboxylic acids is 3. The first kappa shape index (κ1) is 74.8. The van der Waals surface area contributed by atoms with Crippen molar-refractivity contribution in [1.82, 2.24) is 0 Å². The topological polar surface area (TPSA) is 78.9 Å². The van der Waals surface area contributed by atoms with Gasteiger partial charge in [0.25, 0.3) is 0 Å². The minimum Gasteiger partial charge on any atom is -0.462 e. The number of hydrogen-bond donors (Lipinski definition) is 0. The van der Waals surface area contributed by atoms with Crippen LogP contribution in [-0.2, 0) is 28.6 Å². The molecule has 0 bridgehead atoms. The fourth-order valence-electron chi connectivity index (χ4n) is 9.03. The van der Waals surface area contributed by atoms with E-state index in [1.54, 1.807) is 0 Å². The van der Waals surface area contributed by atoms with E-state index in [0.717, 1.165) is 128 Å². The van der Waals surface area contributed by atoms with E-state index in [-0.39, 0.29) is 31.1 Å². The maximum absolute atomic E-state index is 12.9. The summed E-state index contributed by atoms with van der Waals surface area (Å²) in [5.41, 5.74) is 0. The van der Waals surface area contributed by atoms with E-state index in [2.05, 4.69) is 142 Å². The van der Waals surface area contributed by atoms with E-state index in [4.69, 9.17) is 14.2 Å². The molecule has 0 rings (SSSR count). The van der Waals surface area contributed by atoms with Crippen LogP contribution >= 0.6 is 0 Å². The maximum Gasteiger partial charge on any atom is 0.306 e. The molecule has 0 saturated carbocycles. The van der Waals surface area contributed by atoms with Crippen LogP contribution in [0.2, 0.25) is 0 Å². The number of rotatable bonds is 59. The first-order valence-corrected chi connectivity index (χ1v) is 33.0. The molecule has 0 aliphatic heterocycles. The molecule has 1 atom stereocenters. The first-order valence-electron chi connectivity index (χ1n) is 33.0. The number of esters is 3. The summed E-state index contributed by atoms with van der Waals surface area (Å²) in [5, 5.41) is 0. The van der Waals surface area contributed by atoms with Crippen molar-refractivity contribution in [2.24, 2.45) is 0 Å². The Morgan fingerprint density at radius 3 is 0.785 bits per heavy atom. The van der Waals surface area contributed by atoms with E-state index in [1.165, 1.54) is 135 Å². The van der Waals surface area contributed by atoms with E-state index in [1.807, 2.05) is 0 Å². The van der Waals surface area contributed by atoms with Gasteiger partial charge < -0.3 is 14.2 Å². The van der Waals surface area contributed by atoms with Crippen molar-refractivity contribution in [2.75, 3.05) is 13.2 Å². The molecule has 0 aromatic rings. The van der Waals surface area contributed by atoms with Gasteiger partial charge in [-0.3, -0.25) is 14.4 Å². The van der Waals surface area contributed by atoms with E-state index in [9.17, 15) is 14.4 Å². The van der Waals surface area contributed by atoms with Crippen LogP contribution in [0.4, 0.5) is 0 Å². The summed E-state index contributed by atoms with van der Waals surface area (Å²) in [6, 6.07) is 0. The van der Waals surface area contributed by atoms with E-state index < -0.39 is 6.10 Å². The third kappa shape index (κ3) is 64.5. The zero-order valence-electron chi connectivity index (χ0n) is 51.6. The summed E-state index contributed by atoms with van der Waals surface area (Å²) in [6.07, 6.45) is 92.1. The Kier molecular flexibility index (Phi) is 62.8. The van der Waals surface area contributed by atoms with Crippen molar-refractivity contribution < 1.29 is 28.6 Å². The molecule has 79 heavy (non-hydrogen) atoms. The second-order valence-electron chi connectivity index (χ2n) is 21.6. The molecule has 0 amide bonds. The molecular weight excluding hydrogens is 973 g/mol. The minimum atomic E-state index is -0.789. The van der Waals surface area contributed by atoms with Crippen molar-refractivity contribution in [3.63, 3.8) is 0 Å². The lowest BCUT2D eigenvalue weighted by atomic mass is 10.0. The summed E-state index contributed by atoms with van der Waals surface area (Å²) in [5.74, 6) is -0.896. The summed E-state index contributed by atoms with van der Waals surface area (Å²) >= 11 is 0. The predicted octanol–water partition coefficient (Wildman–Crippen LogP) is 22.8. The van der Waals surface area contributed by atoms with Gasteiger partial charge in [0.1, 0.15) is 13.2 Å². The van der Waals surface area contributed by atoms with Crippen LogP contribution in [0.15, 0.2) is 122 Å². The quantitative estimate of drug-likeness (QED) is 0.0261. The lowest BCUT2D eigenvalue weighted by Gasteiger charge is -2.18. The number of allylic oxidation sites excluding steroid dienone is 20. The van der Waals surface area contributed by atoms with Crippen LogP contribution in [0.5, 0.6) is 0 Å². The number of unbranched alkanes of at least 4 members (excludes halogenated alkanes) is 28. The van der Waals surface area contributed by atoms with Gasteiger partial charge in [-0.15, -0.1) is 0 Å². The van der Waals surface area contributed by atoms with Gasteiger partial charge >= 0.3 is 17.9 Å². The van der Waals surface area contributed by atoms with Crippen molar-refractivity contribution in [2.45, 2.75) is 309 Å². The zero-order valence-corrected chi connectivity index (χ0v) is 51.6. The highest BCUT2D eigenvalue weighted by molar-refractivity contribution is 5.71. The number of carbonyl (C=O) groups is 3. The molecule has 0 heterocycles. The van der Waals surface area contributed by atoms with Gasteiger partial charge in [-0.05, 0) is 122 Å². The van der Waals surface area contributed by atoms with Crippen LogP contribution in [0, 0.1) is 0 Å². The van der Waals surface area contributed by atoms with E-state index in [0.29, 0.717) is 19.3 Å². The standard InChI is InChI=1S/C73H122O6/c1-4-7-10-13-16-19-22-24-26-28-30-32-34-36-38-40-42-44-46-48-51-54-57-60-63-66-72(75)78-69-70(68-77-71(74)65-62-59-56-53-50-21-18-15-12-9-6-3)79-73(76)67-64-61-58-55-52-49-47-45-43-41-39-37-35-33-31-29-27-25-23-20-17-14-11-8-5-2/h7-8,10-11,15-20,24-27,30-33,36,38,70H,4-6,9,12-14,21-23,28-29,34-35,37,39-69H2,1-3H3/b10-7-,11-8-,18-15-,19-16-,20-17-,26-24-,27-25-,32-30-,33-31-,38-36-. The Hall–Kier alpha value is -4.19. The maximum atomic E-state index is 12.9. The summed E-state index contributed by atoms with van der Waals surface area (Å²) < 4.78 is 16.9. The average molecular weight is 1100 g/mol. The molecule has 0 saturated heterocycles. The van der Waals surface area contributed by atoms with Crippen molar-refractivity contribution in [3.8, 4) is 0 Å². The molecule has 0 aromatic carbocycles. The van der Waals surface area contributed by atoms with Gasteiger partial charge in [-0.2, -0.15) is 0 Å². The summed E-state index contributed by atoms with van der Waals surface area (Å²) in [4.78, 5) is 38.3. The van der Waals surface area contributed by atoms with Gasteiger partial charge in [0.15, 0.2) is 6.10 Å². The third-order valence-electron chi connectivity index (χ3n) is 13.9. The van der Waals surface area contributed by atoms with E-state index >= 15 is 0 Å².